The summed E-state index contributed by atoms with van der Waals surface area (Å²) in [5.41, 5.74) is 3.09. The first-order valence-corrected chi connectivity index (χ1v) is 11.3. The van der Waals surface area contributed by atoms with Gasteiger partial charge in [0, 0.05) is 23.9 Å². The van der Waals surface area contributed by atoms with Crippen molar-refractivity contribution in [2.45, 2.75) is 32.8 Å². The molecule has 0 saturated heterocycles. The normalized spacial score (nSPS) is 13.4. The number of thiazole rings is 1. The molecule has 33 heavy (non-hydrogen) atoms. The number of anilines is 2. The molecule has 1 aromatic heterocycles. The number of esters is 1. The number of para-hydroxylation sites is 2. The molecule has 0 radical (unpaired) electrons. The van der Waals surface area contributed by atoms with Crippen LogP contribution in [0.3, 0.4) is 0 Å². The Morgan fingerprint density at radius 2 is 1.85 bits per heavy atom. The highest BCUT2D eigenvalue weighted by molar-refractivity contribution is 7.09. The van der Waals surface area contributed by atoms with Crippen molar-refractivity contribution in [1.29, 1.82) is 0 Å². The quantitative estimate of drug-likeness (QED) is 0.538. The highest BCUT2D eigenvalue weighted by Crippen LogP contribution is 2.20. The third-order valence-electron chi connectivity index (χ3n) is 4.95. The lowest BCUT2D eigenvalue weighted by atomic mass is 10.1. The summed E-state index contributed by atoms with van der Waals surface area (Å²) in [7, 11) is 0. The van der Waals surface area contributed by atoms with Gasteiger partial charge >= 0.3 is 5.97 Å². The van der Waals surface area contributed by atoms with Gasteiger partial charge in [0.05, 0.1) is 17.8 Å². The van der Waals surface area contributed by atoms with E-state index in [0.29, 0.717) is 16.4 Å². The highest BCUT2D eigenvalue weighted by Gasteiger charge is 2.26. The summed E-state index contributed by atoms with van der Waals surface area (Å²) in [6, 6.07) is 16.5. The molecule has 2 heterocycles. The summed E-state index contributed by atoms with van der Waals surface area (Å²) in [6.07, 6.45) is 0.538. The van der Waals surface area contributed by atoms with E-state index in [0.717, 1.165) is 11.3 Å². The summed E-state index contributed by atoms with van der Waals surface area (Å²) in [6.45, 7) is 1.89. The van der Waals surface area contributed by atoms with Gasteiger partial charge in [0.1, 0.15) is 17.3 Å². The van der Waals surface area contributed by atoms with Crippen LogP contribution in [-0.2, 0) is 32.1 Å². The van der Waals surface area contributed by atoms with E-state index in [-0.39, 0.29) is 43.4 Å². The number of hydrazone groups is 1. The molecule has 0 unspecified atom stereocenters. The molecule has 2 aromatic carbocycles. The number of carbonyl (C=O) groups is 3. The highest BCUT2D eigenvalue weighted by atomic mass is 32.1. The maximum Gasteiger partial charge on any atom is 0.354 e. The molecule has 4 rings (SSSR count). The van der Waals surface area contributed by atoms with Crippen molar-refractivity contribution in [3.63, 3.8) is 0 Å². The minimum Gasteiger partial charge on any atom is -0.455 e. The Hall–Kier alpha value is -3.85. The van der Waals surface area contributed by atoms with Crippen molar-refractivity contribution in [3.8, 4) is 0 Å². The second kappa shape index (κ2) is 10.2. The fourth-order valence-electron chi connectivity index (χ4n) is 3.24. The first-order valence-electron chi connectivity index (χ1n) is 10.4. The number of aromatic nitrogens is 1. The van der Waals surface area contributed by atoms with Crippen LogP contribution in [0.25, 0.3) is 0 Å². The Morgan fingerprint density at radius 1 is 1.09 bits per heavy atom. The molecule has 2 amide bonds. The largest absolute Gasteiger partial charge is 0.455 e. The van der Waals surface area contributed by atoms with Crippen molar-refractivity contribution in [1.82, 2.24) is 4.98 Å². The molecule has 1 N–H and O–H groups in total. The van der Waals surface area contributed by atoms with Gasteiger partial charge in [-0.25, -0.2) is 14.8 Å². The van der Waals surface area contributed by atoms with Crippen LogP contribution in [0.2, 0.25) is 0 Å². The molecule has 1 aliphatic heterocycles. The molecule has 0 saturated carbocycles. The molecule has 8 nitrogen and oxygen atoms in total. The van der Waals surface area contributed by atoms with Gasteiger partial charge in [-0.3, -0.25) is 9.59 Å². The van der Waals surface area contributed by atoms with Gasteiger partial charge in [-0.1, -0.05) is 36.4 Å². The molecule has 0 bridgehead atoms. The van der Waals surface area contributed by atoms with Gasteiger partial charge in [0.15, 0.2) is 0 Å². The third kappa shape index (κ3) is 5.69. The number of aryl methyl sites for hydroxylation is 1. The summed E-state index contributed by atoms with van der Waals surface area (Å²) >= 11 is 1.33. The standard InChI is InChI=1S/C24H22N4O4S/c1-16-7-5-6-10-19(16)26-21(29)13-22-25-17(15-33-22)14-32-24(31)20-11-12-23(30)28(27-20)18-8-3-2-4-9-18/h2-10,15H,11-14H2,1H3,(H,26,29). The molecule has 168 valence electrons. The van der Waals surface area contributed by atoms with Crippen LogP contribution in [0.15, 0.2) is 65.1 Å². The minimum atomic E-state index is -0.588. The number of nitrogens with one attached hydrogen (secondary N) is 1. The molecule has 0 fully saturated rings. The Labute approximate surface area is 194 Å². The molecule has 0 aliphatic carbocycles. The maximum absolute atomic E-state index is 12.5. The zero-order valence-electron chi connectivity index (χ0n) is 18.0. The summed E-state index contributed by atoms with van der Waals surface area (Å²) < 4.78 is 5.35. The molecule has 3 aromatic rings. The lowest BCUT2D eigenvalue weighted by molar-refractivity contribution is -0.137. The van der Waals surface area contributed by atoms with Crippen LogP contribution in [0.1, 0.15) is 29.1 Å². The zero-order chi connectivity index (χ0) is 23.2. The van der Waals surface area contributed by atoms with Crippen LogP contribution in [-0.4, -0.2) is 28.5 Å². The number of hydrogen-bond acceptors (Lipinski definition) is 7. The monoisotopic (exact) mass is 462 g/mol. The fraction of sp³-hybridized carbons (Fsp3) is 0.208. The molecule has 9 heteroatoms. The number of amides is 2. The maximum atomic E-state index is 12.5. The summed E-state index contributed by atoms with van der Waals surface area (Å²) in [4.78, 5) is 41.4. The molecule has 0 atom stereocenters. The van der Waals surface area contributed by atoms with Crippen molar-refractivity contribution in [3.05, 3.63) is 76.2 Å². The predicted molar refractivity (Wildman–Crippen MR) is 126 cm³/mol. The Kier molecular flexibility index (Phi) is 6.89. The average molecular weight is 463 g/mol. The lowest BCUT2D eigenvalue weighted by Crippen LogP contribution is -2.34. The first kappa shape index (κ1) is 22.3. The molecular formula is C24H22N4O4S. The number of rotatable bonds is 7. The Bertz CT molecular complexity index is 1210. The van der Waals surface area contributed by atoms with E-state index >= 15 is 0 Å². The van der Waals surface area contributed by atoms with E-state index in [1.165, 1.54) is 16.3 Å². The SMILES string of the molecule is Cc1ccccc1NC(=O)Cc1nc(COC(=O)C2=NN(c3ccccc3)C(=O)CC2)cs1. The zero-order valence-corrected chi connectivity index (χ0v) is 18.8. The van der Waals surface area contributed by atoms with E-state index in [1.54, 1.807) is 29.6 Å². The first-order chi connectivity index (χ1) is 16.0. The Balaban J connectivity index is 1.32. The second-order valence-corrected chi connectivity index (χ2v) is 8.38. The Morgan fingerprint density at radius 3 is 2.64 bits per heavy atom. The van der Waals surface area contributed by atoms with Crippen LogP contribution >= 0.6 is 11.3 Å². The van der Waals surface area contributed by atoms with Gasteiger partial charge in [-0.2, -0.15) is 5.10 Å². The van der Waals surface area contributed by atoms with Gasteiger partial charge in [-0.05, 0) is 30.7 Å². The van der Waals surface area contributed by atoms with Gasteiger partial charge in [0.25, 0.3) is 0 Å². The van der Waals surface area contributed by atoms with Crippen molar-refractivity contribution in [2.24, 2.45) is 5.10 Å². The predicted octanol–water partition coefficient (Wildman–Crippen LogP) is 3.86. The van der Waals surface area contributed by atoms with E-state index in [9.17, 15) is 14.4 Å². The van der Waals surface area contributed by atoms with E-state index in [1.807, 2.05) is 37.3 Å². The fourth-order valence-corrected chi connectivity index (χ4v) is 4.01. The van der Waals surface area contributed by atoms with Crippen molar-refractivity contribution in [2.75, 3.05) is 10.3 Å². The topological polar surface area (TPSA) is 101 Å². The van der Waals surface area contributed by atoms with Crippen LogP contribution in [0.5, 0.6) is 0 Å². The van der Waals surface area contributed by atoms with E-state index in [2.05, 4.69) is 15.4 Å². The van der Waals surface area contributed by atoms with Crippen LogP contribution in [0, 0.1) is 6.92 Å². The molecule has 0 spiro atoms. The number of benzene rings is 2. The van der Waals surface area contributed by atoms with E-state index in [4.69, 9.17) is 4.74 Å². The number of nitrogens with zero attached hydrogens (tertiary/aromatic N) is 3. The van der Waals surface area contributed by atoms with Crippen molar-refractivity contribution >= 4 is 46.2 Å². The van der Waals surface area contributed by atoms with Crippen LogP contribution in [0.4, 0.5) is 11.4 Å². The molecular weight excluding hydrogens is 440 g/mol. The smallest absolute Gasteiger partial charge is 0.354 e. The summed E-state index contributed by atoms with van der Waals surface area (Å²) in [5.74, 6) is -0.925. The van der Waals surface area contributed by atoms with Crippen LogP contribution < -0.4 is 10.3 Å². The minimum absolute atomic E-state index is 0.0347. The van der Waals surface area contributed by atoms with Crippen molar-refractivity contribution < 1.29 is 19.1 Å². The van der Waals surface area contributed by atoms with Gasteiger partial charge in [-0.15, -0.1) is 11.3 Å². The second-order valence-electron chi connectivity index (χ2n) is 7.44. The van der Waals surface area contributed by atoms with Gasteiger partial charge < -0.3 is 10.1 Å². The number of hydrogen-bond donors (Lipinski definition) is 1. The summed E-state index contributed by atoms with van der Waals surface area (Å²) in [5, 5.41) is 10.7. The average Bonchev–Trinajstić information content (AvgIpc) is 3.27. The van der Waals surface area contributed by atoms with Gasteiger partial charge in [0.2, 0.25) is 11.8 Å². The molecule has 1 aliphatic rings. The number of carbonyl (C=O) groups excluding carboxylic acids is 3. The van der Waals surface area contributed by atoms with E-state index < -0.39 is 5.97 Å². The number of ether oxygens (including phenoxy) is 1. The third-order valence-corrected chi connectivity index (χ3v) is 5.85. The lowest BCUT2D eigenvalue weighted by Gasteiger charge is -2.22.